The molecule has 0 radical (unpaired) electrons. The van der Waals surface area contributed by atoms with Crippen molar-refractivity contribution in [3.05, 3.63) is 77.9 Å². The van der Waals surface area contributed by atoms with Crippen LogP contribution >= 0.6 is 11.8 Å². The van der Waals surface area contributed by atoms with Gasteiger partial charge in [0.25, 0.3) is 0 Å². The Hall–Kier alpha value is -3.36. The van der Waals surface area contributed by atoms with Crippen LogP contribution in [0.4, 0.5) is 0 Å². The van der Waals surface area contributed by atoms with Gasteiger partial charge < -0.3 is 0 Å². The van der Waals surface area contributed by atoms with E-state index in [9.17, 15) is 10.1 Å². The standard InChI is InChI=1S/C22H15N3OS/c1-27-19-12-16(14-26)20-21(15-8-4-2-5-9-15)24-25(22(20)18(19)13-23)17-10-6-3-7-11-17/h2-12,14H,1H3. The molecule has 0 aliphatic heterocycles. The molecule has 130 valence electrons. The highest BCUT2D eigenvalue weighted by molar-refractivity contribution is 7.98. The summed E-state index contributed by atoms with van der Waals surface area (Å²) in [7, 11) is 0. The molecule has 0 amide bonds. The number of nitrogens with zero attached hydrogens (tertiary/aromatic N) is 3. The Kier molecular flexibility index (Phi) is 4.49. The summed E-state index contributed by atoms with van der Waals surface area (Å²) in [5.74, 6) is 0. The second kappa shape index (κ2) is 7.10. The number of carbonyl (C=O) groups is 1. The van der Waals surface area contributed by atoms with Crippen LogP contribution < -0.4 is 0 Å². The third-order valence-corrected chi connectivity index (χ3v) is 5.21. The number of carbonyl (C=O) groups excluding carboxylic acids is 1. The van der Waals surface area contributed by atoms with Crippen molar-refractivity contribution >= 4 is 29.0 Å². The van der Waals surface area contributed by atoms with Crippen molar-refractivity contribution in [3.8, 4) is 23.0 Å². The molecule has 1 aromatic heterocycles. The van der Waals surface area contributed by atoms with Gasteiger partial charge in [0.2, 0.25) is 0 Å². The molecule has 0 spiro atoms. The maximum absolute atomic E-state index is 11.9. The van der Waals surface area contributed by atoms with Crippen LogP contribution in [-0.4, -0.2) is 22.3 Å². The minimum atomic E-state index is 0.529. The van der Waals surface area contributed by atoms with Crippen LogP contribution in [-0.2, 0) is 0 Å². The molecule has 27 heavy (non-hydrogen) atoms. The van der Waals surface area contributed by atoms with E-state index >= 15 is 0 Å². The first-order valence-corrected chi connectivity index (χ1v) is 9.60. The first-order valence-electron chi connectivity index (χ1n) is 8.38. The summed E-state index contributed by atoms with van der Waals surface area (Å²) in [5.41, 5.74) is 4.17. The van der Waals surface area contributed by atoms with Gasteiger partial charge in [0.05, 0.1) is 16.8 Å². The lowest BCUT2D eigenvalue weighted by Crippen LogP contribution is -1.99. The lowest BCUT2D eigenvalue weighted by molar-refractivity contribution is 0.112. The Morgan fingerprint density at radius 3 is 2.33 bits per heavy atom. The van der Waals surface area contributed by atoms with Crippen molar-refractivity contribution in [2.24, 2.45) is 0 Å². The molecule has 0 unspecified atom stereocenters. The average Bonchev–Trinajstić information content (AvgIpc) is 3.14. The number of thioether (sulfide) groups is 1. The van der Waals surface area contributed by atoms with E-state index in [1.807, 2.05) is 66.9 Å². The summed E-state index contributed by atoms with van der Waals surface area (Å²) in [5, 5.41) is 15.4. The molecular weight excluding hydrogens is 354 g/mol. The quantitative estimate of drug-likeness (QED) is 0.371. The summed E-state index contributed by atoms with van der Waals surface area (Å²) < 4.78 is 1.77. The van der Waals surface area contributed by atoms with E-state index in [0.29, 0.717) is 27.7 Å². The second-order valence-electron chi connectivity index (χ2n) is 5.96. The number of aldehydes is 1. The summed E-state index contributed by atoms with van der Waals surface area (Å²) in [6, 6.07) is 23.5. The van der Waals surface area contributed by atoms with Crippen molar-refractivity contribution in [2.75, 3.05) is 6.26 Å². The van der Waals surface area contributed by atoms with Gasteiger partial charge in [-0.1, -0.05) is 48.5 Å². The average molecular weight is 369 g/mol. The molecule has 0 N–H and O–H groups in total. The Bertz CT molecular complexity index is 1180. The molecule has 0 aliphatic carbocycles. The SMILES string of the molecule is CSc1cc(C=O)c2c(-c3ccccc3)nn(-c3ccccc3)c2c1C#N. The fraction of sp³-hybridized carbons (Fsp3) is 0.0455. The first kappa shape index (κ1) is 17.1. The normalized spacial score (nSPS) is 10.7. The Morgan fingerprint density at radius 2 is 1.74 bits per heavy atom. The number of benzene rings is 3. The summed E-state index contributed by atoms with van der Waals surface area (Å²) in [4.78, 5) is 12.7. The Labute approximate surface area is 161 Å². The molecule has 0 aliphatic rings. The van der Waals surface area contributed by atoms with Crippen molar-refractivity contribution in [1.82, 2.24) is 9.78 Å². The number of nitriles is 1. The van der Waals surface area contributed by atoms with Gasteiger partial charge in [-0.05, 0) is 24.5 Å². The molecule has 0 saturated heterocycles. The van der Waals surface area contributed by atoms with Crippen molar-refractivity contribution in [1.29, 1.82) is 5.26 Å². The highest BCUT2D eigenvalue weighted by Crippen LogP contribution is 2.37. The predicted molar refractivity (Wildman–Crippen MR) is 108 cm³/mol. The highest BCUT2D eigenvalue weighted by Gasteiger charge is 2.22. The zero-order valence-electron chi connectivity index (χ0n) is 14.6. The van der Waals surface area contributed by atoms with Crippen LogP contribution in [0.2, 0.25) is 0 Å². The number of hydrogen-bond donors (Lipinski definition) is 0. The monoisotopic (exact) mass is 369 g/mol. The van der Waals surface area contributed by atoms with E-state index in [4.69, 9.17) is 5.10 Å². The van der Waals surface area contributed by atoms with E-state index < -0.39 is 0 Å². The summed E-state index contributed by atoms with van der Waals surface area (Å²) >= 11 is 1.45. The zero-order chi connectivity index (χ0) is 18.8. The van der Waals surface area contributed by atoms with Gasteiger partial charge in [0.1, 0.15) is 11.8 Å². The van der Waals surface area contributed by atoms with Crippen LogP contribution in [0.15, 0.2) is 71.6 Å². The molecule has 5 heteroatoms. The topological polar surface area (TPSA) is 58.7 Å². The molecule has 4 rings (SSSR count). The molecule has 4 aromatic rings. The van der Waals surface area contributed by atoms with Crippen LogP contribution in [0.1, 0.15) is 15.9 Å². The van der Waals surface area contributed by atoms with Gasteiger partial charge in [0, 0.05) is 21.4 Å². The predicted octanol–water partition coefficient (Wildman–Crippen LogP) is 5.10. The van der Waals surface area contributed by atoms with Gasteiger partial charge >= 0.3 is 0 Å². The molecule has 0 fully saturated rings. The molecule has 0 saturated carbocycles. The maximum atomic E-state index is 11.9. The number of para-hydroxylation sites is 1. The van der Waals surface area contributed by atoms with Gasteiger partial charge in [-0.2, -0.15) is 10.4 Å². The molecular formula is C22H15N3OS. The van der Waals surface area contributed by atoms with Gasteiger partial charge in [-0.3, -0.25) is 4.79 Å². The molecule has 1 heterocycles. The number of hydrogen-bond acceptors (Lipinski definition) is 4. The fourth-order valence-electron chi connectivity index (χ4n) is 3.24. The number of fused-ring (bicyclic) bond motifs is 1. The van der Waals surface area contributed by atoms with E-state index in [1.165, 1.54) is 11.8 Å². The van der Waals surface area contributed by atoms with Crippen LogP contribution in [0.3, 0.4) is 0 Å². The second-order valence-corrected chi connectivity index (χ2v) is 6.81. The van der Waals surface area contributed by atoms with Gasteiger partial charge in [0.15, 0.2) is 6.29 Å². The van der Waals surface area contributed by atoms with E-state index in [-0.39, 0.29) is 0 Å². The van der Waals surface area contributed by atoms with Crippen molar-refractivity contribution in [2.45, 2.75) is 4.90 Å². The highest BCUT2D eigenvalue weighted by atomic mass is 32.2. The van der Waals surface area contributed by atoms with E-state index in [1.54, 1.807) is 10.7 Å². The first-order chi connectivity index (χ1) is 13.3. The van der Waals surface area contributed by atoms with E-state index in [0.717, 1.165) is 22.4 Å². The van der Waals surface area contributed by atoms with Crippen molar-refractivity contribution in [3.63, 3.8) is 0 Å². The largest absolute Gasteiger partial charge is 0.298 e. The lowest BCUT2D eigenvalue weighted by Gasteiger charge is -2.08. The minimum absolute atomic E-state index is 0.529. The summed E-state index contributed by atoms with van der Waals surface area (Å²) in [6.07, 6.45) is 2.74. The number of rotatable bonds is 4. The third kappa shape index (κ3) is 2.80. The van der Waals surface area contributed by atoms with Crippen LogP contribution in [0.5, 0.6) is 0 Å². The smallest absolute Gasteiger partial charge is 0.150 e. The number of aromatic nitrogens is 2. The molecule has 0 bridgehead atoms. The molecule has 4 nitrogen and oxygen atoms in total. The van der Waals surface area contributed by atoms with Crippen molar-refractivity contribution < 1.29 is 4.79 Å². The fourth-order valence-corrected chi connectivity index (χ4v) is 3.83. The molecule has 0 atom stereocenters. The zero-order valence-corrected chi connectivity index (χ0v) is 15.4. The van der Waals surface area contributed by atoms with Gasteiger partial charge in [-0.15, -0.1) is 11.8 Å². The third-order valence-electron chi connectivity index (χ3n) is 4.45. The maximum Gasteiger partial charge on any atom is 0.150 e. The summed E-state index contributed by atoms with van der Waals surface area (Å²) in [6.45, 7) is 0. The van der Waals surface area contributed by atoms with Gasteiger partial charge in [-0.25, -0.2) is 4.68 Å². The minimum Gasteiger partial charge on any atom is -0.298 e. The van der Waals surface area contributed by atoms with E-state index in [2.05, 4.69) is 6.07 Å². The Morgan fingerprint density at radius 1 is 1.07 bits per heavy atom. The van der Waals surface area contributed by atoms with Crippen LogP contribution in [0.25, 0.3) is 27.8 Å². The lowest BCUT2D eigenvalue weighted by atomic mass is 10.0. The van der Waals surface area contributed by atoms with Crippen LogP contribution in [0, 0.1) is 11.3 Å². The molecule has 3 aromatic carbocycles. The Balaban J connectivity index is 2.21.